The molecule has 4 nitrogen and oxygen atoms in total. The lowest BCUT2D eigenvalue weighted by Crippen LogP contribution is -2.41. The van der Waals surface area contributed by atoms with Gasteiger partial charge in [0.1, 0.15) is 5.75 Å². The van der Waals surface area contributed by atoms with Crippen LogP contribution in [0.3, 0.4) is 0 Å². The summed E-state index contributed by atoms with van der Waals surface area (Å²) >= 11 is 0. The van der Waals surface area contributed by atoms with Crippen molar-refractivity contribution in [2.75, 3.05) is 7.11 Å². The lowest BCUT2D eigenvalue weighted by Gasteiger charge is -2.12. The van der Waals surface area contributed by atoms with E-state index in [-0.39, 0.29) is 5.91 Å². The van der Waals surface area contributed by atoms with Crippen molar-refractivity contribution in [3.8, 4) is 5.75 Å². The second-order valence-corrected chi connectivity index (χ2v) is 4.87. The Balaban J connectivity index is 1.86. The van der Waals surface area contributed by atoms with E-state index in [1.807, 2.05) is 54.6 Å². The fraction of sp³-hybridized carbons (Fsp3) is 0.235. The Morgan fingerprint density at radius 1 is 1.14 bits per heavy atom. The Morgan fingerprint density at radius 2 is 1.86 bits per heavy atom. The lowest BCUT2D eigenvalue weighted by molar-refractivity contribution is -0.122. The molecule has 2 rings (SSSR count). The maximum Gasteiger partial charge on any atom is 0.237 e. The molecule has 0 aliphatic carbocycles. The molecule has 0 aromatic heterocycles. The van der Waals surface area contributed by atoms with Crippen LogP contribution in [0.1, 0.15) is 11.1 Å². The number of nitrogens with one attached hydrogen (secondary N) is 1. The fourth-order valence-electron chi connectivity index (χ4n) is 2.06. The first-order valence-electron chi connectivity index (χ1n) is 6.89. The Hall–Kier alpha value is -2.33. The number of carbonyl (C=O) groups is 1. The molecule has 0 bridgehead atoms. The molecule has 0 fully saturated rings. The third-order valence-electron chi connectivity index (χ3n) is 3.24. The van der Waals surface area contributed by atoms with Crippen molar-refractivity contribution in [3.05, 3.63) is 65.7 Å². The molecule has 2 aromatic rings. The monoisotopic (exact) mass is 284 g/mol. The zero-order chi connectivity index (χ0) is 15.1. The van der Waals surface area contributed by atoms with Gasteiger partial charge in [-0.2, -0.15) is 0 Å². The standard InChI is InChI=1S/C17H20N2O2/c1-21-15-9-5-8-14(10-15)12-19-17(20)16(18)11-13-6-3-2-4-7-13/h2-10,16H,11-12,18H2,1H3,(H,19,20)/t16-/m1/s1. The number of hydrogen-bond acceptors (Lipinski definition) is 3. The second kappa shape index (κ2) is 7.45. The smallest absolute Gasteiger partial charge is 0.237 e. The predicted octanol–water partition coefficient (Wildman–Crippen LogP) is 1.88. The highest BCUT2D eigenvalue weighted by molar-refractivity contribution is 5.81. The van der Waals surface area contributed by atoms with Crippen molar-refractivity contribution in [2.24, 2.45) is 5.73 Å². The van der Waals surface area contributed by atoms with Gasteiger partial charge in [-0.25, -0.2) is 0 Å². The van der Waals surface area contributed by atoms with E-state index in [2.05, 4.69) is 5.32 Å². The predicted molar refractivity (Wildman–Crippen MR) is 83.0 cm³/mol. The van der Waals surface area contributed by atoms with Crippen molar-refractivity contribution in [3.63, 3.8) is 0 Å². The summed E-state index contributed by atoms with van der Waals surface area (Å²) in [6.07, 6.45) is 0.533. The number of amides is 1. The van der Waals surface area contributed by atoms with Crippen molar-refractivity contribution < 1.29 is 9.53 Å². The molecule has 0 aliphatic rings. The Bertz CT molecular complexity index is 584. The molecular weight excluding hydrogens is 264 g/mol. The van der Waals surface area contributed by atoms with Crippen LogP contribution in [0, 0.1) is 0 Å². The van der Waals surface area contributed by atoms with Gasteiger partial charge in [0.05, 0.1) is 13.2 Å². The van der Waals surface area contributed by atoms with Crippen LogP contribution in [0.2, 0.25) is 0 Å². The molecule has 0 aliphatic heterocycles. The molecule has 110 valence electrons. The molecule has 0 saturated carbocycles. The van der Waals surface area contributed by atoms with Crippen molar-refractivity contribution in [1.29, 1.82) is 0 Å². The summed E-state index contributed by atoms with van der Waals surface area (Å²) in [6, 6.07) is 16.8. The molecule has 4 heteroatoms. The van der Waals surface area contributed by atoms with E-state index >= 15 is 0 Å². The fourth-order valence-corrected chi connectivity index (χ4v) is 2.06. The highest BCUT2D eigenvalue weighted by Crippen LogP contribution is 2.12. The molecule has 0 unspecified atom stereocenters. The maximum atomic E-state index is 12.0. The van der Waals surface area contributed by atoms with Gasteiger partial charge in [0.2, 0.25) is 5.91 Å². The summed E-state index contributed by atoms with van der Waals surface area (Å²) < 4.78 is 5.15. The average Bonchev–Trinajstić information content (AvgIpc) is 2.53. The van der Waals surface area contributed by atoms with Gasteiger partial charge in [-0.05, 0) is 29.7 Å². The molecule has 2 aromatic carbocycles. The average molecular weight is 284 g/mol. The topological polar surface area (TPSA) is 64.3 Å². The molecule has 0 heterocycles. The van der Waals surface area contributed by atoms with Crippen LogP contribution in [0.5, 0.6) is 5.75 Å². The van der Waals surface area contributed by atoms with Gasteiger partial charge in [0, 0.05) is 6.54 Å². The van der Waals surface area contributed by atoms with Gasteiger partial charge in [-0.1, -0.05) is 42.5 Å². The van der Waals surface area contributed by atoms with Crippen LogP contribution in [-0.4, -0.2) is 19.1 Å². The van der Waals surface area contributed by atoms with Gasteiger partial charge in [-0.15, -0.1) is 0 Å². The van der Waals surface area contributed by atoms with Crippen molar-refractivity contribution in [1.82, 2.24) is 5.32 Å². The van der Waals surface area contributed by atoms with Crippen LogP contribution >= 0.6 is 0 Å². The molecule has 21 heavy (non-hydrogen) atoms. The first kappa shape index (κ1) is 15.1. The largest absolute Gasteiger partial charge is 0.497 e. The summed E-state index contributed by atoms with van der Waals surface area (Å²) in [5.41, 5.74) is 7.97. The van der Waals surface area contributed by atoms with Gasteiger partial charge < -0.3 is 15.8 Å². The summed E-state index contributed by atoms with van der Waals surface area (Å²) in [5, 5.41) is 2.85. The number of benzene rings is 2. The van der Waals surface area contributed by atoms with E-state index in [9.17, 15) is 4.79 Å². The SMILES string of the molecule is COc1cccc(CNC(=O)[C@H](N)Cc2ccccc2)c1. The summed E-state index contributed by atoms with van der Waals surface area (Å²) in [4.78, 5) is 12.0. The van der Waals surface area contributed by atoms with Gasteiger partial charge in [0.25, 0.3) is 0 Å². The highest BCUT2D eigenvalue weighted by atomic mass is 16.5. The third-order valence-corrected chi connectivity index (χ3v) is 3.24. The molecule has 0 spiro atoms. The molecule has 0 saturated heterocycles. The number of rotatable bonds is 6. The summed E-state index contributed by atoms with van der Waals surface area (Å²) in [6.45, 7) is 0.443. The zero-order valence-electron chi connectivity index (χ0n) is 12.1. The number of carbonyl (C=O) groups excluding carboxylic acids is 1. The van der Waals surface area contributed by atoms with Gasteiger partial charge >= 0.3 is 0 Å². The molecule has 0 radical (unpaired) electrons. The molecule has 1 amide bonds. The van der Waals surface area contributed by atoms with E-state index in [0.717, 1.165) is 16.9 Å². The second-order valence-electron chi connectivity index (χ2n) is 4.87. The Morgan fingerprint density at radius 3 is 2.57 bits per heavy atom. The number of methoxy groups -OCH3 is 1. The minimum Gasteiger partial charge on any atom is -0.497 e. The van der Waals surface area contributed by atoms with Crippen LogP contribution in [0.25, 0.3) is 0 Å². The quantitative estimate of drug-likeness (QED) is 0.851. The van der Waals surface area contributed by atoms with Crippen LogP contribution in [0.15, 0.2) is 54.6 Å². The first-order chi connectivity index (χ1) is 10.2. The number of nitrogens with two attached hydrogens (primary N) is 1. The molecule has 3 N–H and O–H groups in total. The van der Waals surface area contributed by atoms with E-state index in [1.165, 1.54) is 0 Å². The Labute approximate surface area is 124 Å². The van der Waals surface area contributed by atoms with E-state index < -0.39 is 6.04 Å². The van der Waals surface area contributed by atoms with Crippen molar-refractivity contribution in [2.45, 2.75) is 19.0 Å². The molecule has 1 atom stereocenters. The summed E-state index contributed by atoms with van der Waals surface area (Å²) in [5.74, 6) is 0.622. The number of hydrogen-bond donors (Lipinski definition) is 2. The van der Waals surface area contributed by atoms with Gasteiger partial charge in [-0.3, -0.25) is 4.79 Å². The van der Waals surface area contributed by atoms with Crippen LogP contribution in [0.4, 0.5) is 0 Å². The molecular formula is C17H20N2O2. The van der Waals surface area contributed by atoms with Crippen LogP contribution in [-0.2, 0) is 17.8 Å². The zero-order valence-corrected chi connectivity index (χ0v) is 12.1. The Kier molecular flexibility index (Phi) is 5.35. The van der Waals surface area contributed by atoms with Crippen LogP contribution < -0.4 is 15.8 Å². The maximum absolute atomic E-state index is 12.0. The minimum absolute atomic E-state index is 0.151. The lowest BCUT2D eigenvalue weighted by atomic mass is 10.1. The van der Waals surface area contributed by atoms with E-state index in [1.54, 1.807) is 7.11 Å². The van der Waals surface area contributed by atoms with E-state index in [0.29, 0.717) is 13.0 Å². The summed E-state index contributed by atoms with van der Waals surface area (Å²) in [7, 11) is 1.62. The van der Waals surface area contributed by atoms with Gasteiger partial charge in [0.15, 0.2) is 0 Å². The first-order valence-corrected chi connectivity index (χ1v) is 6.89. The normalized spacial score (nSPS) is 11.7. The third kappa shape index (κ3) is 4.61. The minimum atomic E-state index is -0.544. The number of ether oxygens (including phenoxy) is 1. The van der Waals surface area contributed by atoms with E-state index in [4.69, 9.17) is 10.5 Å². The van der Waals surface area contributed by atoms with Crippen molar-refractivity contribution >= 4 is 5.91 Å². The highest BCUT2D eigenvalue weighted by Gasteiger charge is 2.13.